The number of aromatic hydroxyl groups is 1. The summed E-state index contributed by atoms with van der Waals surface area (Å²) in [5.74, 6) is -7.37. The van der Waals surface area contributed by atoms with Gasteiger partial charge in [0.2, 0.25) is 5.43 Å². The second-order valence-electron chi connectivity index (χ2n) is 21.3. The Bertz CT molecular complexity index is 3260. The minimum absolute atomic E-state index is 0.0122. The first kappa shape index (κ1) is 55.6. The maximum absolute atomic E-state index is 15.2. The number of ketones is 1. The van der Waals surface area contributed by atoms with Gasteiger partial charge in [-0.25, -0.2) is 4.98 Å². The quantitative estimate of drug-likeness (QED) is 0.0566. The fourth-order valence-electron chi connectivity index (χ4n) is 11.0. The topological polar surface area (TPSA) is 235 Å². The highest BCUT2D eigenvalue weighted by Crippen LogP contribution is 2.51. The fourth-order valence-corrected chi connectivity index (χ4v) is 11.0. The monoisotopic (exact) mass is 1070 g/mol. The number of carbonyl (C=O) groups is 3. The van der Waals surface area contributed by atoms with Gasteiger partial charge in [-0.3, -0.25) is 24.2 Å². The summed E-state index contributed by atoms with van der Waals surface area (Å²) in [6.45, 7) is 18.4. The number of aromatic nitrogens is 1. The van der Waals surface area contributed by atoms with Gasteiger partial charge in [0.25, 0.3) is 11.7 Å². The number of hydrogen-bond donors (Lipinski definition) is 4. The lowest BCUT2D eigenvalue weighted by atomic mass is 9.78. The molecule has 0 saturated carbocycles. The summed E-state index contributed by atoms with van der Waals surface area (Å²) in [5.41, 5.74) is 2.69. The zero-order valence-corrected chi connectivity index (χ0v) is 45.9. The second-order valence-corrected chi connectivity index (χ2v) is 21.3. The van der Waals surface area contributed by atoms with Gasteiger partial charge in [0.05, 0.1) is 60.1 Å². The zero-order chi connectivity index (χ0) is 55.9. The lowest BCUT2D eigenvalue weighted by Gasteiger charge is -2.38. The zero-order valence-electron chi connectivity index (χ0n) is 45.9. The van der Waals surface area contributed by atoms with Gasteiger partial charge in [-0.15, -0.1) is 0 Å². The number of hydrogen-bond acceptors (Lipinski definition) is 18. The third kappa shape index (κ3) is 10.7. The summed E-state index contributed by atoms with van der Waals surface area (Å²) in [5, 5.41) is 37.8. The van der Waals surface area contributed by atoms with Crippen LogP contribution in [0.4, 0.5) is 22.7 Å². The Morgan fingerprint density at radius 2 is 1.62 bits per heavy atom. The van der Waals surface area contributed by atoms with Gasteiger partial charge in [-0.05, 0) is 68.9 Å². The van der Waals surface area contributed by atoms with Gasteiger partial charge in [0.15, 0.2) is 11.3 Å². The molecular weight excluding hydrogens is 1000 g/mol. The van der Waals surface area contributed by atoms with Gasteiger partial charge in [-0.1, -0.05) is 45.9 Å². The SMILES string of the molecule is CO[C@H]1/C=C/O[C@@]2(C)Oc3c(C)c(O)c4c(=O)c(c5oc6cc(C=Nc7ccc(N8CCOCC8)cc7)cc(N7CCN(C)CC7)c6nc-5c4c3C2=O)NC(=O)/C(C)=C\C=C\[C@H](C)[C@H](O)[C@@H](C)[C@@H](O)[C@@H](C)[C@H](OC(C)=O)[C@@H]1C. The third-order valence-corrected chi connectivity index (χ3v) is 15.9. The van der Waals surface area contributed by atoms with Crippen molar-refractivity contribution in [1.82, 2.24) is 9.88 Å². The van der Waals surface area contributed by atoms with Crippen LogP contribution in [0.2, 0.25) is 0 Å². The number of aliphatic imine (C=N–C) groups is 1. The number of phenols is 1. The Morgan fingerprint density at radius 3 is 2.29 bits per heavy atom. The first-order valence-electron chi connectivity index (χ1n) is 26.6. The van der Waals surface area contributed by atoms with Crippen molar-refractivity contribution in [2.45, 2.75) is 85.6 Å². The molecular formula is C59H70N6O13. The number of phenolic OH excluding ortho intramolecular Hbond substituents is 1. The van der Waals surface area contributed by atoms with Crippen molar-refractivity contribution in [3.8, 4) is 23.0 Å². The summed E-state index contributed by atoms with van der Waals surface area (Å²) in [6.07, 6.45) is 5.34. The molecule has 0 spiro atoms. The molecule has 19 nitrogen and oxygen atoms in total. The highest BCUT2D eigenvalue weighted by molar-refractivity contribution is 6.22. The van der Waals surface area contributed by atoms with Gasteiger partial charge in [0.1, 0.15) is 34.5 Å². The lowest BCUT2D eigenvalue weighted by Crippen LogP contribution is -2.46. The smallest absolute Gasteiger partial charge is 0.312 e. The number of rotatable bonds is 6. The van der Waals surface area contributed by atoms with Crippen LogP contribution >= 0.6 is 0 Å². The number of amides is 1. The van der Waals surface area contributed by atoms with Gasteiger partial charge in [0, 0.05) is 112 Å². The predicted octanol–water partition coefficient (Wildman–Crippen LogP) is 7.29. The van der Waals surface area contributed by atoms with E-state index in [-0.39, 0.29) is 55.9 Å². The molecule has 78 heavy (non-hydrogen) atoms. The number of morpholine rings is 1. The van der Waals surface area contributed by atoms with Crippen LogP contribution in [0.25, 0.3) is 33.3 Å². The van der Waals surface area contributed by atoms with E-state index in [1.807, 2.05) is 30.3 Å². The van der Waals surface area contributed by atoms with Crippen LogP contribution in [0, 0.1) is 30.6 Å². The van der Waals surface area contributed by atoms with Crippen molar-refractivity contribution in [2.24, 2.45) is 28.7 Å². The average molecular weight is 1070 g/mol. The van der Waals surface area contributed by atoms with Crippen molar-refractivity contribution in [3.63, 3.8) is 0 Å². The van der Waals surface area contributed by atoms with Crippen molar-refractivity contribution in [2.75, 3.05) is 81.8 Å². The number of fused-ring (bicyclic) bond motifs is 2. The van der Waals surface area contributed by atoms with E-state index in [2.05, 4.69) is 27.1 Å². The highest BCUT2D eigenvalue weighted by atomic mass is 16.7. The molecule has 1 amide bonds. The number of benzene rings is 4. The Hall–Kier alpha value is -7.16. The maximum atomic E-state index is 15.2. The van der Waals surface area contributed by atoms with Crippen LogP contribution in [0.15, 0.2) is 86.7 Å². The molecule has 3 aromatic carbocycles. The Labute approximate surface area is 453 Å². The number of carbonyl (C=O) groups excluding carboxylic acids is 3. The number of allylic oxidation sites excluding steroid dienone is 2. The number of aliphatic hydroxyl groups excluding tert-OH is 2. The van der Waals surface area contributed by atoms with E-state index >= 15 is 9.59 Å². The van der Waals surface area contributed by atoms with E-state index in [4.69, 9.17) is 38.1 Å². The van der Waals surface area contributed by atoms with Crippen LogP contribution in [0.1, 0.15) is 70.0 Å². The van der Waals surface area contributed by atoms with Crippen LogP contribution in [-0.2, 0) is 28.5 Å². The molecule has 6 aliphatic rings. The Balaban J connectivity index is 1.24. The van der Waals surface area contributed by atoms with Crippen molar-refractivity contribution >= 4 is 68.5 Å². The molecule has 2 saturated heterocycles. The number of ether oxygens (including phenoxy) is 5. The molecule has 414 valence electrons. The largest absolute Gasteiger partial charge is 0.507 e. The summed E-state index contributed by atoms with van der Waals surface area (Å²) >= 11 is 0. The number of Topliss-reactive ketones (excluding diaryl/α,β-unsaturated/α-hetero) is 1. The average Bonchev–Trinajstić information content (AvgIpc) is 3.88. The number of methoxy groups -OCH3 is 1. The molecule has 4 N–H and O–H groups in total. The summed E-state index contributed by atoms with van der Waals surface area (Å²) < 4.78 is 36.7. The van der Waals surface area contributed by atoms with Gasteiger partial charge >= 0.3 is 11.8 Å². The van der Waals surface area contributed by atoms with E-state index < -0.39 is 82.7 Å². The van der Waals surface area contributed by atoms with Crippen molar-refractivity contribution in [3.05, 3.63) is 99.5 Å². The van der Waals surface area contributed by atoms with E-state index in [0.29, 0.717) is 43.1 Å². The van der Waals surface area contributed by atoms with Crippen molar-refractivity contribution in [1.29, 1.82) is 0 Å². The van der Waals surface area contributed by atoms with Crippen molar-refractivity contribution < 1.29 is 57.8 Å². The molecule has 9 atom stereocenters. The Morgan fingerprint density at radius 1 is 0.910 bits per heavy atom. The molecule has 0 unspecified atom stereocenters. The number of nitrogens with one attached hydrogen (secondary N) is 1. The molecule has 0 aromatic heterocycles. The lowest BCUT2D eigenvalue weighted by molar-refractivity contribution is -0.160. The molecule has 19 heteroatoms. The van der Waals surface area contributed by atoms with E-state index in [9.17, 15) is 24.9 Å². The minimum Gasteiger partial charge on any atom is -0.507 e. The number of anilines is 3. The molecule has 4 bridgehead atoms. The van der Waals surface area contributed by atoms with Gasteiger partial charge in [-0.2, -0.15) is 0 Å². The molecule has 1 aliphatic carbocycles. The standard InChI is InChI=1S/C59H70N6O13/c1-31-12-11-13-32(2)58(72)62-49-53(70)45-44(46-55(36(6)52(45)69)78-59(8,57(46)71)75-25-18-42(73-10)33(3)54(76-37(7)66)35(5)51(68)34(4)50(31)67)48-56(49)77-43-29-38(28-41(47(43)61-48)65-21-19-63(9)20-22-65)30-60-39-14-16-40(17-15-39)64-23-26-74-27-24-64/h11-18,25,28-31,33-35,42,50-51,54,67-69H,19-24,26-27H2,1-10H3,(H,62,72)/b12-11+,25-18+,32-13-,60-30?/t31-,33+,34+,35+,42-,50-,51+,54+,59-/m0/s1. The predicted molar refractivity (Wildman–Crippen MR) is 297 cm³/mol. The van der Waals surface area contributed by atoms with Gasteiger partial charge < -0.3 is 63.4 Å². The highest BCUT2D eigenvalue weighted by Gasteiger charge is 2.50. The van der Waals surface area contributed by atoms with E-state index in [1.54, 1.807) is 59.1 Å². The molecule has 3 aromatic rings. The summed E-state index contributed by atoms with van der Waals surface area (Å²) in [6, 6.07) is 11.7. The van der Waals surface area contributed by atoms with E-state index in [1.165, 1.54) is 46.3 Å². The Kier molecular flexibility index (Phi) is 16.2. The molecule has 9 rings (SSSR count). The third-order valence-electron chi connectivity index (χ3n) is 15.9. The summed E-state index contributed by atoms with van der Waals surface area (Å²) in [7, 11) is 3.51. The van der Waals surface area contributed by atoms with Crippen LogP contribution in [0.5, 0.6) is 11.5 Å². The van der Waals surface area contributed by atoms with Crippen LogP contribution in [0.3, 0.4) is 0 Å². The number of aliphatic hydroxyl groups is 2. The minimum atomic E-state index is -2.08. The maximum Gasteiger partial charge on any atom is 0.312 e. The molecule has 5 heterocycles. The van der Waals surface area contributed by atoms with Crippen LogP contribution < -0.4 is 25.3 Å². The fraction of sp³-hybridized carbons (Fsp3) is 0.458. The molecule has 2 fully saturated rings. The van der Waals surface area contributed by atoms with Crippen LogP contribution in [-0.4, -0.2) is 146 Å². The molecule has 5 aliphatic heterocycles. The number of likely N-dealkylation sites (N-methyl/N-ethyl adjacent to an activating group) is 1. The second kappa shape index (κ2) is 22.7. The first-order chi connectivity index (χ1) is 37.2. The van der Waals surface area contributed by atoms with E-state index in [0.717, 1.165) is 37.6 Å². The number of nitrogens with zero attached hydrogens (tertiary/aromatic N) is 5. The number of piperazine rings is 1. The number of esters is 1. The normalized spacial score (nSPS) is 28.4. The summed E-state index contributed by atoms with van der Waals surface area (Å²) in [4.78, 5) is 74.0. The molecule has 0 radical (unpaired) electrons. The first-order valence-corrected chi connectivity index (χ1v) is 26.6.